The minimum atomic E-state index is -0.0318. The first-order valence-corrected chi connectivity index (χ1v) is 10.2. The van der Waals surface area contributed by atoms with Crippen molar-refractivity contribution in [1.29, 1.82) is 0 Å². The van der Waals surface area contributed by atoms with Crippen LogP contribution < -0.4 is 0 Å². The fourth-order valence-corrected chi connectivity index (χ4v) is 4.71. The van der Waals surface area contributed by atoms with Crippen LogP contribution in [-0.2, 0) is 9.53 Å². The third kappa shape index (κ3) is 3.77. The van der Waals surface area contributed by atoms with E-state index in [4.69, 9.17) is 4.74 Å². The Hall–Kier alpha value is -2.73. The zero-order chi connectivity index (χ0) is 20.4. The summed E-state index contributed by atoms with van der Waals surface area (Å²) in [5, 5.41) is 0. The Labute approximate surface area is 171 Å². The molecule has 2 aromatic rings. The van der Waals surface area contributed by atoms with Gasteiger partial charge in [-0.2, -0.15) is 0 Å². The van der Waals surface area contributed by atoms with Gasteiger partial charge in [0.2, 0.25) is 5.91 Å². The molecule has 6 nitrogen and oxygen atoms in total. The zero-order valence-electron chi connectivity index (χ0n) is 17.0. The van der Waals surface area contributed by atoms with E-state index >= 15 is 0 Å². The van der Waals surface area contributed by atoms with Crippen molar-refractivity contribution < 1.29 is 14.3 Å². The highest BCUT2D eigenvalue weighted by molar-refractivity contribution is 5.92. The summed E-state index contributed by atoms with van der Waals surface area (Å²) in [6.07, 6.45) is 1.65. The third-order valence-electron chi connectivity index (χ3n) is 6.09. The molecule has 2 fully saturated rings. The Morgan fingerprint density at radius 3 is 2.62 bits per heavy atom. The van der Waals surface area contributed by atoms with E-state index < -0.39 is 0 Å². The average Bonchev–Trinajstić information content (AvgIpc) is 3.31. The molecule has 0 aliphatic carbocycles. The number of hydrogen-bond acceptors (Lipinski definition) is 4. The van der Waals surface area contributed by atoms with Crippen LogP contribution in [0, 0.1) is 18.8 Å². The number of rotatable bonds is 5. The smallest absolute Gasteiger partial charge is 0.272 e. The molecule has 4 rings (SSSR count). The van der Waals surface area contributed by atoms with Crippen LogP contribution in [0.15, 0.2) is 48.7 Å². The maximum absolute atomic E-state index is 12.9. The van der Waals surface area contributed by atoms with Gasteiger partial charge in [-0.1, -0.05) is 30.3 Å². The van der Waals surface area contributed by atoms with Crippen LogP contribution in [-0.4, -0.2) is 59.4 Å². The first-order valence-electron chi connectivity index (χ1n) is 10.2. The van der Waals surface area contributed by atoms with Crippen molar-refractivity contribution in [3.63, 3.8) is 0 Å². The van der Waals surface area contributed by atoms with Gasteiger partial charge in [-0.05, 0) is 37.1 Å². The number of fused-ring (bicyclic) bond motifs is 1. The molecule has 2 aliphatic heterocycles. The lowest BCUT2D eigenvalue weighted by Gasteiger charge is -2.31. The predicted octanol–water partition coefficient (Wildman–Crippen LogP) is 2.70. The summed E-state index contributed by atoms with van der Waals surface area (Å²) in [5.74, 6) is 0.472. The summed E-state index contributed by atoms with van der Waals surface area (Å²) < 4.78 is 5.40. The SMILES string of the molecule is CCOCC(=O)N1C[C@@H]2CN(C(=O)c3ccccn3)C[C@@H]2[C@H]1c1ccccc1C. The monoisotopic (exact) mass is 393 g/mol. The van der Waals surface area contributed by atoms with Gasteiger partial charge in [0.05, 0.1) is 6.04 Å². The quantitative estimate of drug-likeness (QED) is 0.784. The number of pyridine rings is 1. The van der Waals surface area contributed by atoms with Crippen molar-refractivity contribution in [2.24, 2.45) is 11.8 Å². The minimum Gasteiger partial charge on any atom is -0.372 e. The Kier molecular flexibility index (Phi) is 5.62. The lowest BCUT2D eigenvalue weighted by molar-refractivity contribution is -0.137. The van der Waals surface area contributed by atoms with E-state index in [0.29, 0.717) is 31.9 Å². The molecule has 0 bridgehead atoms. The Balaban J connectivity index is 1.59. The van der Waals surface area contributed by atoms with Crippen LogP contribution in [0.5, 0.6) is 0 Å². The topological polar surface area (TPSA) is 62.7 Å². The normalized spacial score (nSPS) is 23.3. The predicted molar refractivity (Wildman–Crippen MR) is 109 cm³/mol. The number of hydrogen-bond donors (Lipinski definition) is 0. The van der Waals surface area contributed by atoms with Crippen LogP contribution in [0.2, 0.25) is 0 Å². The molecule has 0 radical (unpaired) electrons. The van der Waals surface area contributed by atoms with Gasteiger partial charge in [0.25, 0.3) is 5.91 Å². The molecule has 3 heterocycles. The highest BCUT2D eigenvalue weighted by atomic mass is 16.5. The van der Waals surface area contributed by atoms with Gasteiger partial charge in [-0.3, -0.25) is 14.6 Å². The van der Waals surface area contributed by atoms with Crippen LogP contribution in [0.4, 0.5) is 0 Å². The van der Waals surface area contributed by atoms with E-state index in [0.717, 1.165) is 5.56 Å². The maximum Gasteiger partial charge on any atom is 0.272 e. The molecule has 3 atom stereocenters. The van der Waals surface area contributed by atoms with E-state index in [1.165, 1.54) is 5.56 Å². The lowest BCUT2D eigenvalue weighted by Crippen LogP contribution is -2.39. The van der Waals surface area contributed by atoms with Crippen molar-refractivity contribution in [2.75, 3.05) is 32.8 Å². The largest absolute Gasteiger partial charge is 0.372 e. The molecule has 0 saturated carbocycles. The standard InChI is InChI=1S/C23H27N3O3/c1-3-29-15-21(27)26-13-17-12-25(23(28)20-10-6-7-11-24-20)14-19(17)22(26)18-9-5-4-8-16(18)2/h4-11,17,19,22H,3,12-15H2,1-2H3/t17-,19-,22+/m0/s1. The van der Waals surface area contributed by atoms with Crippen molar-refractivity contribution in [1.82, 2.24) is 14.8 Å². The van der Waals surface area contributed by atoms with E-state index in [1.807, 2.05) is 41.0 Å². The van der Waals surface area contributed by atoms with E-state index in [-0.39, 0.29) is 36.3 Å². The summed E-state index contributed by atoms with van der Waals surface area (Å²) in [4.78, 5) is 33.9. The molecule has 2 aliphatic rings. The zero-order valence-corrected chi connectivity index (χ0v) is 17.0. The summed E-state index contributed by atoms with van der Waals surface area (Å²) in [5.41, 5.74) is 2.81. The average molecular weight is 393 g/mol. The molecule has 29 heavy (non-hydrogen) atoms. The minimum absolute atomic E-state index is 0.0251. The molecule has 2 amide bonds. The molecule has 1 aromatic heterocycles. The number of amides is 2. The number of nitrogens with zero attached hydrogens (tertiary/aromatic N) is 3. The van der Waals surface area contributed by atoms with Gasteiger partial charge in [0.15, 0.2) is 0 Å². The molecule has 0 unspecified atom stereocenters. The highest BCUT2D eigenvalue weighted by Crippen LogP contribution is 2.46. The van der Waals surface area contributed by atoms with Crippen molar-refractivity contribution in [2.45, 2.75) is 19.9 Å². The molecule has 2 saturated heterocycles. The maximum atomic E-state index is 12.9. The number of aryl methyl sites for hydroxylation is 1. The fourth-order valence-electron chi connectivity index (χ4n) is 4.71. The number of ether oxygens (including phenoxy) is 1. The Morgan fingerprint density at radius 1 is 1.10 bits per heavy atom. The van der Waals surface area contributed by atoms with Crippen molar-refractivity contribution in [3.05, 3.63) is 65.5 Å². The van der Waals surface area contributed by atoms with Gasteiger partial charge in [-0.25, -0.2) is 0 Å². The molecular formula is C23H27N3O3. The van der Waals surface area contributed by atoms with Crippen molar-refractivity contribution >= 4 is 11.8 Å². The van der Waals surface area contributed by atoms with Gasteiger partial charge in [-0.15, -0.1) is 0 Å². The van der Waals surface area contributed by atoms with Gasteiger partial charge < -0.3 is 14.5 Å². The molecule has 1 aromatic carbocycles. The first-order chi connectivity index (χ1) is 14.1. The highest BCUT2D eigenvalue weighted by Gasteiger charge is 2.50. The molecule has 0 N–H and O–H groups in total. The summed E-state index contributed by atoms with van der Waals surface area (Å²) in [6.45, 7) is 6.55. The van der Waals surface area contributed by atoms with E-state index in [2.05, 4.69) is 24.0 Å². The third-order valence-corrected chi connectivity index (χ3v) is 6.09. The number of carbonyl (C=O) groups excluding carboxylic acids is 2. The second-order valence-electron chi connectivity index (χ2n) is 7.83. The summed E-state index contributed by atoms with van der Waals surface area (Å²) in [7, 11) is 0. The number of likely N-dealkylation sites (tertiary alicyclic amines) is 2. The number of aromatic nitrogens is 1. The molecule has 0 spiro atoms. The van der Waals surface area contributed by atoms with Crippen LogP contribution in [0.3, 0.4) is 0 Å². The van der Waals surface area contributed by atoms with Gasteiger partial charge >= 0.3 is 0 Å². The Bertz CT molecular complexity index is 886. The molecule has 152 valence electrons. The molecule has 6 heteroatoms. The number of benzene rings is 1. The summed E-state index contributed by atoms with van der Waals surface area (Å²) >= 11 is 0. The van der Waals surface area contributed by atoms with Gasteiger partial charge in [0.1, 0.15) is 12.3 Å². The fraction of sp³-hybridized carbons (Fsp3) is 0.435. The lowest BCUT2D eigenvalue weighted by atomic mass is 9.87. The first kappa shape index (κ1) is 19.6. The van der Waals surface area contributed by atoms with E-state index in [1.54, 1.807) is 12.3 Å². The van der Waals surface area contributed by atoms with E-state index in [9.17, 15) is 9.59 Å². The van der Waals surface area contributed by atoms with Crippen LogP contribution >= 0.6 is 0 Å². The second-order valence-corrected chi connectivity index (χ2v) is 7.83. The summed E-state index contributed by atoms with van der Waals surface area (Å²) in [6, 6.07) is 13.6. The van der Waals surface area contributed by atoms with Crippen LogP contribution in [0.25, 0.3) is 0 Å². The molecular weight excluding hydrogens is 366 g/mol. The second kappa shape index (κ2) is 8.33. The van der Waals surface area contributed by atoms with Crippen molar-refractivity contribution in [3.8, 4) is 0 Å². The van der Waals surface area contributed by atoms with Crippen LogP contribution in [0.1, 0.15) is 34.6 Å². The Morgan fingerprint density at radius 2 is 1.90 bits per heavy atom. The van der Waals surface area contributed by atoms with Gasteiger partial charge in [0, 0.05) is 44.3 Å². The number of carbonyl (C=O) groups is 2.